The zero-order chi connectivity index (χ0) is 23.7. The topological polar surface area (TPSA) is 98.9 Å². The number of aryl methyl sites for hydroxylation is 1. The second-order valence-electron chi connectivity index (χ2n) is 7.78. The van der Waals surface area contributed by atoms with Gasteiger partial charge in [0.05, 0.1) is 21.0 Å². The summed E-state index contributed by atoms with van der Waals surface area (Å²) < 4.78 is 2.53. The van der Waals surface area contributed by atoms with E-state index in [4.69, 9.17) is 23.2 Å². The van der Waals surface area contributed by atoms with Crippen molar-refractivity contribution in [2.45, 2.75) is 44.5 Å². The Hall–Kier alpha value is -2.36. The van der Waals surface area contributed by atoms with Gasteiger partial charge in [-0.25, -0.2) is 14.8 Å². The van der Waals surface area contributed by atoms with Crippen molar-refractivity contribution in [1.29, 1.82) is 0 Å². The molecule has 1 aromatic carbocycles. The number of anilines is 1. The first-order chi connectivity index (χ1) is 15.0. The van der Waals surface area contributed by atoms with Crippen LogP contribution in [0.1, 0.15) is 26.6 Å². The number of nitrogens with one attached hydrogen (secondary N) is 1. The molecule has 3 rings (SSSR count). The molecule has 0 aliphatic carbocycles. The molecule has 0 spiro atoms. The lowest BCUT2D eigenvalue weighted by Gasteiger charge is -2.17. The molecule has 0 radical (unpaired) electrons. The van der Waals surface area contributed by atoms with Crippen LogP contribution in [-0.4, -0.2) is 30.3 Å². The quantitative estimate of drug-likeness (QED) is 0.411. The van der Waals surface area contributed by atoms with E-state index in [1.807, 2.05) is 13.8 Å². The first-order valence-corrected chi connectivity index (χ1v) is 11.5. The van der Waals surface area contributed by atoms with Crippen LogP contribution < -0.4 is 16.6 Å². The van der Waals surface area contributed by atoms with Gasteiger partial charge in [-0.1, -0.05) is 54.9 Å². The minimum absolute atomic E-state index is 0.159. The summed E-state index contributed by atoms with van der Waals surface area (Å²) in [6, 6.07) is 4.95. The Bertz CT molecular complexity index is 1320. The van der Waals surface area contributed by atoms with Crippen molar-refractivity contribution in [2.75, 3.05) is 5.32 Å². The zero-order valence-corrected chi connectivity index (χ0v) is 20.6. The van der Waals surface area contributed by atoms with Gasteiger partial charge in [-0.3, -0.25) is 18.7 Å². The lowest BCUT2D eigenvalue weighted by atomic mass is 10.2. The van der Waals surface area contributed by atoms with E-state index in [9.17, 15) is 14.4 Å². The van der Waals surface area contributed by atoms with Gasteiger partial charge in [0.2, 0.25) is 5.91 Å². The summed E-state index contributed by atoms with van der Waals surface area (Å²) in [6.45, 7) is 7.71. The van der Waals surface area contributed by atoms with Gasteiger partial charge in [-0.15, -0.1) is 0 Å². The van der Waals surface area contributed by atoms with E-state index in [0.29, 0.717) is 28.1 Å². The summed E-state index contributed by atoms with van der Waals surface area (Å²) in [5.41, 5.74) is -0.279. The van der Waals surface area contributed by atoms with Crippen molar-refractivity contribution < 1.29 is 4.79 Å². The molecular weight excluding hydrogens is 473 g/mol. The Morgan fingerprint density at radius 3 is 2.53 bits per heavy atom. The molecule has 3 aromatic rings. The molecule has 0 aliphatic heterocycles. The van der Waals surface area contributed by atoms with Gasteiger partial charge in [0.15, 0.2) is 5.65 Å². The highest BCUT2D eigenvalue weighted by atomic mass is 35.5. The number of carbonyl (C=O) groups is 1. The van der Waals surface area contributed by atoms with E-state index >= 15 is 0 Å². The molecule has 0 saturated carbocycles. The Labute approximate surface area is 199 Å². The van der Waals surface area contributed by atoms with Gasteiger partial charge in [0, 0.05) is 13.6 Å². The minimum atomic E-state index is -0.627. The maximum absolute atomic E-state index is 13.0. The molecule has 170 valence electrons. The van der Waals surface area contributed by atoms with Crippen LogP contribution in [-0.2, 0) is 18.4 Å². The van der Waals surface area contributed by atoms with Crippen molar-refractivity contribution in [2.24, 2.45) is 13.0 Å². The summed E-state index contributed by atoms with van der Waals surface area (Å²) in [5.74, 6) is 0.221. The second kappa shape index (κ2) is 9.64. The highest BCUT2D eigenvalue weighted by molar-refractivity contribution is 8.00. The fourth-order valence-electron chi connectivity index (χ4n) is 3.11. The maximum atomic E-state index is 13.0. The van der Waals surface area contributed by atoms with Crippen LogP contribution in [0.2, 0.25) is 10.0 Å². The monoisotopic (exact) mass is 495 g/mol. The predicted octanol–water partition coefficient (Wildman–Crippen LogP) is 3.88. The fourth-order valence-corrected chi connectivity index (χ4v) is 4.44. The van der Waals surface area contributed by atoms with Crippen molar-refractivity contribution >= 4 is 57.6 Å². The number of thioether (sulfide) groups is 1. The van der Waals surface area contributed by atoms with Crippen molar-refractivity contribution in [3.05, 3.63) is 54.9 Å². The average Bonchev–Trinajstić information content (AvgIpc) is 2.72. The van der Waals surface area contributed by atoms with Gasteiger partial charge in [0.25, 0.3) is 5.56 Å². The number of rotatable bonds is 6. The summed E-state index contributed by atoms with van der Waals surface area (Å²) in [6.07, 6.45) is 0. The summed E-state index contributed by atoms with van der Waals surface area (Å²) in [5, 5.41) is 3.24. The molecule has 1 atom stereocenters. The Kier molecular flexibility index (Phi) is 7.32. The number of carbonyl (C=O) groups excluding carboxylic acids is 1. The summed E-state index contributed by atoms with van der Waals surface area (Å²) in [7, 11) is 1.42. The van der Waals surface area contributed by atoms with Crippen LogP contribution in [0.4, 0.5) is 5.69 Å². The first kappa shape index (κ1) is 24.3. The van der Waals surface area contributed by atoms with Crippen LogP contribution >= 0.6 is 35.0 Å². The van der Waals surface area contributed by atoms with E-state index in [2.05, 4.69) is 15.3 Å². The van der Waals surface area contributed by atoms with Crippen molar-refractivity contribution in [3.8, 4) is 0 Å². The van der Waals surface area contributed by atoms with Gasteiger partial charge < -0.3 is 5.32 Å². The van der Waals surface area contributed by atoms with Crippen molar-refractivity contribution in [1.82, 2.24) is 19.1 Å². The molecular formula is C21H23Cl2N5O3S. The van der Waals surface area contributed by atoms with E-state index < -0.39 is 16.5 Å². The van der Waals surface area contributed by atoms with Crippen LogP contribution in [0, 0.1) is 12.8 Å². The largest absolute Gasteiger partial charge is 0.332 e. The third-order valence-corrected chi connectivity index (χ3v) is 6.58. The number of fused-ring (bicyclic) bond motifs is 1. The zero-order valence-electron chi connectivity index (χ0n) is 18.3. The molecule has 2 aromatic heterocycles. The van der Waals surface area contributed by atoms with Gasteiger partial charge in [-0.2, -0.15) is 0 Å². The molecule has 0 bridgehead atoms. The van der Waals surface area contributed by atoms with Gasteiger partial charge in [-0.05, 0) is 31.9 Å². The number of halogens is 2. The van der Waals surface area contributed by atoms with Crippen LogP contribution in [0.15, 0.2) is 32.8 Å². The summed E-state index contributed by atoms with van der Waals surface area (Å²) in [4.78, 5) is 47.3. The Morgan fingerprint density at radius 1 is 1.19 bits per heavy atom. The number of amides is 1. The average molecular weight is 496 g/mol. The summed E-state index contributed by atoms with van der Waals surface area (Å²) >= 11 is 13.3. The number of hydrogen-bond donors (Lipinski definition) is 1. The van der Waals surface area contributed by atoms with Gasteiger partial charge in [0.1, 0.15) is 16.2 Å². The van der Waals surface area contributed by atoms with Crippen LogP contribution in [0.3, 0.4) is 0 Å². The van der Waals surface area contributed by atoms with E-state index in [1.54, 1.807) is 32.0 Å². The molecule has 8 nitrogen and oxygen atoms in total. The lowest BCUT2D eigenvalue weighted by Crippen LogP contribution is -2.39. The second-order valence-corrected chi connectivity index (χ2v) is 9.89. The van der Waals surface area contributed by atoms with E-state index in [1.165, 1.54) is 11.6 Å². The van der Waals surface area contributed by atoms with E-state index in [-0.39, 0.29) is 27.9 Å². The molecule has 0 aliphatic rings. The molecule has 0 saturated heterocycles. The Morgan fingerprint density at radius 2 is 1.88 bits per heavy atom. The van der Waals surface area contributed by atoms with Crippen molar-refractivity contribution in [3.63, 3.8) is 0 Å². The molecule has 32 heavy (non-hydrogen) atoms. The standard InChI is InChI=1S/C21H23Cl2N5O3S/c1-10(2)9-28-17-15(20(30)27(5)21(28)31)19(25-12(4)24-17)32-11(3)18(29)26-14-8-6-7-13(22)16(14)23/h6-8,10-11H,9H2,1-5H3,(H,26,29)/t11-/m1/s1. The first-order valence-electron chi connectivity index (χ1n) is 9.91. The lowest BCUT2D eigenvalue weighted by molar-refractivity contribution is -0.115. The van der Waals surface area contributed by atoms with Crippen LogP contribution in [0.25, 0.3) is 11.0 Å². The molecule has 11 heteroatoms. The number of hydrogen-bond acceptors (Lipinski definition) is 6. The Balaban J connectivity index is 2.04. The third-order valence-electron chi connectivity index (χ3n) is 4.68. The molecule has 1 N–H and O–H groups in total. The van der Waals surface area contributed by atoms with E-state index in [0.717, 1.165) is 16.3 Å². The fraction of sp³-hybridized carbons (Fsp3) is 0.381. The third kappa shape index (κ3) is 4.84. The van der Waals surface area contributed by atoms with Gasteiger partial charge >= 0.3 is 5.69 Å². The van der Waals surface area contributed by atoms with Crippen LogP contribution in [0.5, 0.6) is 0 Å². The normalized spacial score (nSPS) is 12.4. The highest BCUT2D eigenvalue weighted by Crippen LogP contribution is 2.31. The number of benzene rings is 1. The number of aromatic nitrogens is 4. The minimum Gasteiger partial charge on any atom is -0.324 e. The predicted molar refractivity (Wildman–Crippen MR) is 129 cm³/mol. The molecule has 0 fully saturated rings. The molecule has 1 amide bonds. The smallest absolute Gasteiger partial charge is 0.324 e. The maximum Gasteiger partial charge on any atom is 0.332 e. The molecule has 2 heterocycles. The SMILES string of the molecule is Cc1nc(S[C@H](C)C(=O)Nc2cccc(Cl)c2Cl)c2c(=O)n(C)c(=O)n(CC(C)C)c2n1. The highest BCUT2D eigenvalue weighted by Gasteiger charge is 2.23. The molecule has 0 unspecified atom stereocenters. The number of nitrogens with zero attached hydrogens (tertiary/aromatic N) is 4.